The molecule has 2 N–H and O–H groups in total. The van der Waals surface area contributed by atoms with Crippen molar-refractivity contribution in [2.75, 3.05) is 5.32 Å². The molecule has 86 valence electrons. The number of hydrogen-bond acceptors (Lipinski definition) is 4. The lowest BCUT2D eigenvalue weighted by atomic mass is 10.2. The van der Waals surface area contributed by atoms with E-state index >= 15 is 0 Å². The van der Waals surface area contributed by atoms with Crippen molar-refractivity contribution in [2.24, 2.45) is 0 Å². The summed E-state index contributed by atoms with van der Waals surface area (Å²) in [5.41, 5.74) is 1.49. The van der Waals surface area contributed by atoms with Crippen LogP contribution in [0.5, 0.6) is 0 Å². The molecule has 0 aliphatic rings. The Balaban J connectivity index is 2.16. The van der Waals surface area contributed by atoms with Crippen molar-refractivity contribution in [1.29, 1.82) is 5.26 Å². The van der Waals surface area contributed by atoms with Crippen LogP contribution in [0.15, 0.2) is 27.4 Å². The van der Waals surface area contributed by atoms with Crippen LogP contribution in [0, 0.1) is 11.3 Å². The van der Waals surface area contributed by atoms with Crippen LogP contribution in [0.4, 0.5) is 5.69 Å². The number of aromatic nitrogens is 1. The lowest BCUT2D eigenvalue weighted by molar-refractivity contribution is -0.116. The van der Waals surface area contributed by atoms with Gasteiger partial charge >= 0.3 is 5.76 Å². The number of rotatable bonds is 3. The molecule has 2 rings (SSSR count). The third kappa shape index (κ3) is 2.52. The summed E-state index contributed by atoms with van der Waals surface area (Å²) < 4.78 is 4.86. The van der Waals surface area contributed by atoms with Gasteiger partial charge in [-0.2, -0.15) is 5.26 Å². The summed E-state index contributed by atoms with van der Waals surface area (Å²) in [5.74, 6) is -0.781. The van der Waals surface area contributed by atoms with E-state index in [9.17, 15) is 9.59 Å². The molecule has 1 aromatic carbocycles. The van der Waals surface area contributed by atoms with E-state index in [2.05, 4.69) is 10.3 Å². The third-order valence-corrected chi connectivity index (χ3v) is 2.17. The zero-order valence-electron chi connectivity index (χ0n) is 8.82. The van der Waals surface area contributed by atoms with E-state index < -0.39 is 5.76 Å². The van der Waals surface area contributed by atoms with E-state index in [0.29, 0.717) is 16.8 Å². The highest BCUT2D eigenvalue weighted by atomic mass is 16.4. The number of H-pyrrole nitrogens is 1. The molecule has 0 spiro atoms. The molecule has 1 aromatic heterocycles. The van der Waals surface area contributed by atoms with Crippen LogP contribution in [0.25, 0.3) is 11.1 Å². The summed E-state index contributed by atoms with van der Waals surface area (Å²) in [7, 11) is 0. The van der Waals surface area contributed by atoms with Crippen LogP contribution in [0.1, 0.15) is 12.8 Å². The van der Waals surface area contributed by atoms with Gasteiger partial charge in [0.2, 0.25) is 5.91 Å². The number of oxazole rings is 1. The first kappa shape index (κ1) is 11.0. The number of nitrogens with zero attached hydrogens (tertiary/aromatic N) is 1. The Morgan fingerprint density at radius 3 is 3.12 bits per heavy atom. The highest BCUT2D eigenvalue weighted by Gasteiger charge is 2.05. The molecule has 0 bridgehead atoms. The van der Waals surface area contributed by atoms with E-state index in [-0.39, 0.29) is 18.7 Å². The normalized spacial score (nSPS) is 10.1. The van der Waals surface area contributed by atoms with Gasteiger partial charge in [0.05, 0.1) is 11.6 Å². The summed E-state index contributed by atoms with van der Waals surface area (Å²) in [4.78, 5) is 24.8. The quantitative estimate of drug-likeness (QED) is 0.833. The third-order valence-electron chi connectivity index (χ3n) is 2.17. The molecule has 1 amide bonds. The Morgan fingerprint density at radius 1 is 1.53 bits per heavy atom. The summed E-state index contributed by atoms with van der Waals surface area (Å²) in [6, 6.07) is 6.73. The standard InChI is InChI=1S/C11H9N3O3/c12-5-1-2-10(15)13-7-3-4-8-9(6-7)17-11(16)14-8/h3-4,6H,1-2H2,(H,13,15)(H,14,16). The average molecular weight is 231 g/mol. The van der Waals surface area contributed by atoms with Gasteiger partial charge in [-0.1, -0.05) is 0 Å². The van der Waals surface area contributed by atoms with Crippen molar-refractivity contribution in [3.8, 4) is 6.07 Å². The van der Waals surface area contributed by atoms with Crippen molar-refractivity contribution >= 4 is 22.7 Å². The molecule has 0 radical (unpaired) electrons. The Hall–Kier alpha value is -2.55. The van der Waals surface area contributed by atoms with Gasteiger partial charge in [-0.05, 0) is 12.1 Å². The highest BCUT2D eigenvalue weighted by molar-refractivity contribution is 5.92. The fourth-order valence-electron chi connectivity index (χ4n) is 1.42. The first-order chi connectivity index (χ1) is 8.19. The maximum absolute atomic E-state index is 11.4. The van der Waals surface area contributed by atoms with Crippen molar-refractivity contribution in [3.63, 3.8) is 0 Å². The predicted molar refractivity (Wildman–Crippen MR) is 60.3 cm³/mol. The van der Waals surface area contributed by atoms with Crippen LogP contribution in [0.3, 0.4) is 0 Å². The molecular weight excluding hydrogens is 222 g/mol. The SMILES string of the molecule is N#CCCC(=O)Nc1ccc2[nH]c(=O)oc2c1. The minimum atomic E-state index is -0.534. The average Bonchev–Trinajstić information content (AvgIpc) is 2.65. The van der Waals surface area contributed by atoms with E-state index in [1.165, 1.54) is 0 Å². The van der Waals surface area contributed by atoms with E-state index in [4.69, 9.17) is 9.68 Å². The molecule has 1 heterocycles. The number of fused-ring (bicyclic) bond motifs is 1. The monoisotopic (exact) mass is 231 g/mol. The van der Waals surface area contributed by atoms with E-state index in [1.54, 1.807) is 18.2 Å². The van der Waals surface area contributed by atoms with Gasteiger partial charge in [-0.25, -0.2) is 4.79 Å². The number of aromatic amines is 1. The van der Waals surface area contributed by atoms with Crippen LogP contribution < -0.4 is 11.1 Å². The maximum atomic E-state index is 11.4. The fourth-order valence-corrected chi connectivity index (χ4v) is 1.42. The second-order valence-corrected chi connectivity index (χ2v) is 3.43. The van der Waals surface area contributed by atoms with Gasteiger partial charge in [0.15, 0.2) is 5.58 Å². The molecule has 0 saturated heterocycles. The lowest BCUT2D eigenvalue weighted by Crippen LogP contribution is -2.10. The van der Waals surface area contributed by atoms with Gasteiger partial charge in [0.1, 0.15) is 0 Å². The molecule has 0 atom stereocenters. The number of carbonyl (C=O) groups excluding carboxylic acids is 1. The van der Waals surface area contributed by atoms with Crippen molar-refractivity contribution in [1.82, 2.24) is 4.98 Å². The molecular formula is C11H9N3O3. The number of benzene rings is 1. The number of amides is 1. The summed E-state index contributed by atoms with van der Waals surface area (Å²) in [6.45, 7) is 0. The Morgan fingerprint density at radius 2 is 2.35 bits per heavy atom. The summed E-state index contributed by atoms with van der Waals surface area (Å²) >= 11 is 0. The fraction of sp³-hybridized carbons (Fsp3) is 0.182. The van der Waals surface area contributed by atoms with Gasteiger partial charge < -0.3 is 9.73 Å². The topological polar surface area (TPSA) is 98.9 Å². The molecule has 0 saturated carbocycles. The second-order valence-electron chi connectivity index (χ2n) is 3.43. The minimum Gasteiger partial charge on any atom is -0.408 e. The summed E-state index contributed by atoms with van der Waals surface area (Å²) in [5, 5.41) is 11.0. The zero-order chi connectivity index (χ0) is 12.3. The smallest absolute Gasteiger partial charge is 0.408 e. The molecule has 2 aromatic rings. The van der Waals surface area contributed by atoms with E-state index in [0.717, 1.165) is 0 Å². The number of carbonyl (C=O) groups is 1. The van der Waals surface area contributed by atoms with Gasteiger partial charge in [0.25, 0.3) is 0 Å². The number of anilines is 1. The first-order valence-electron chi connectivity index (χ1n) is 4.99. The predicted octanol–water partition coefficient (Wildman–Crippen LogP) is 1.36. The Bertz CT molecular complexity index is 648. The van der Waals surface area contributed by atoms with Gasteiger partial charge in [-0.3, -0.25) is 9.78 Å². The lowest BCUT2D eigenvalue weighted by Gasteiger charge is -2.02. The van der Waals surface area contributed by atoms with Crippen LogP contribution in [-0.4, -0.2) is 10.9 Å². The van der Waals surface area contributed by atoms with Crippen molar-refractivity contribution < 1.29 is 9.21 Å². The Kier molecular flexibility index (Phi) is 2.92. The molecule has 0 aliphatic heterocycles. The Labute approximate surface area is 95.9 Å². The van der Waals surface area contributed by atoms with Gasteiger partial charge in [0, 0.05) is 24.6 Å². The number of nitrogens with one attached hydrogen (secondary N) is 2. The zero-order valence-corrected chi connectivity index (χ0v) is 8.82. The molecule has 0 aliphatic carbocycles. The minimum absolute atomic E-state index is 0.144. The molecule has 0 unspecified atom stereocenters. The van der Waals surface area contributed by atoms with Crippen molar-refractivity contribution in [3.05, 3.63) is 28.7 Å². The van der Waals surface area contributed by atoms with Crippen LogP contribution in [0.2, 0.25) is 0 Å². The van der Waals surface area contributed by atoms with Crippen LogP contribution >= 0.6 is 0 Å². The first-order valence-corrected chi connectivity index (χ1v) is 4.99. The van der Waals surface area contributed by atoms with Crippen LogP contribution in [-0.2, 0) is 4.79 Å². The molecule has 0 fully saturated rings. The van der Waals surface area contributed by atoms with Crippen molar-refractivity contribution in [2.45, 2.75) is 12.8 Å². The maximum Gasteiger partial charge on any atom is 0.417 e. The highest BCUT2D eigenvalue weighted by Crippen LogP contribution is 2.16. The summed E-state index contributed by atoms with van der Waals surface area (Å²) in [6.07, 6.45) is 0.318. The molecule has 6 nitrogen and oxygen atoms in total. The molecule has 6 heteroatoms. The van der Waals surface area contributed by atoms with Gasteiger partial charge in [-0.15, -0.1) is 0 Å². The van der Waals surface area contributed by atoms with E-state index in [1.807, 2.05) is 6.07 Å². The largest absolute Gasteiger partial charge is 0.417 e. The molecule has 17 heavy (non-hydrogen) atoms. The second kappa shape index (κ2) is 4.53. The number of nitriles is 1. The number of hydrogen-bond donors (Lipinski definition) is 2.